The van der Waals surface area contributed by atoms with Crippen molar-refractivity contribution in [2.45, 2.75) is 27.7 Å². The Hall–Kier alpha value is -3.72. The van der Waals surface area contributed by atoms with Gasteiger partial charge in [-0.15, -0.1) is 0 Å². The fourth-order valence-electron chi connectivity index (χ4n) is 3.25. The Kier molecular flexibility index (Phi) is 8.75. The quantitative estimate of drug-likeness (QED) is 0.393. The molecule has 1 aromatic heterocycles. The number of likely N-dealkylation sites (N-methyl/N-ethyl adjacent to an activating group) is 1. The lowest BCUT2D eigenvalue weighted by molar-refractivity contribution is -0.117. The van der Waals surface area contributed by atoms with Crippen molar-refractivity contribution in [3.63, 3.8) is 0 Å². The maximum absolute atomic E-state index is 12.2. The molecule has 3 rings (SSSR count). The molecule has 34 heavy (non-hydrogen) atoms. The SMILES string of the molecule is CCN(CC)CC(=O)Nc1ccc(Nc2ncnc3ccc(NC(=O)OCC(C)C)cc23)cc1. The van der Waals surface area contributed by atoms with Crippen molar-refractivity contribution in [2.24, 2.45) is 5.92 Å². The molecular weight excluding hydrogens is 432 g/mol. The summed E-state index contributed by atoms with van der Waals surface area (Å²) in [5, 5.41) is 9.69. The van der Waals surface area contributed by atoms with Crippen molar-refractivity contribution in [1.82, 2.24) is 14.9 Å². The lowest BCUT2D eigenvalue weighted by Gasteiger charge is -2.17. The van der Waals surface area contributed by atoms with Crippen LogP contribution >= 0.6 is 0 Å². The minimum Gasteiger partial charge on any atom is -0.449 e. The summed E-state index contributed by atoms with van der Waals surface area (Å²) < 4.78 is 5.19. The summed E-state index contributed by atoms with van der Waals surface area (Å²) in [5.41, 5.74) is 2.85. The molecular formula is C25H32N6O3. The number of rotatable bonds is 10. The monoisotopic (exact) mass is 464 g/mol. The molecule has 1 heterocycles. The average molecular weight is 465 g/mol. The number of carbonyl (C=O) groups excluding carboxylic acids is 2. The van der Waals surface area contributed by atoms with Gasteiger partial charge in [0, 0.05) is 22.4 Å². The van der Waals surface area contributed by atoms with Crippen LogP contribution in [0, 0.1) is 5.92 Å². The lowest BCUT2D eigenvalue weighted by atomic mass is 10.2. The maximum atomic E-state index is 12.2. The number of fused-ring (bicyclic) bond motifs is 1. The molecule has 0 saturated heterocycles. The summed E-state index contributed by atoms with van der Waals surface area (Å²) in [6.07, 6.45) is 0.981. The highest BCUT2D eigenvalue weighted by Gasteiger charge is 2.10. The standard InChI is InChI=1S/C25H32N6O3/c1-5-31(6-2)14-23(32)28-18-7-9-19(10-8-18)29-24-21-13-20(11-12-22(21)26-16-27-24)30-25(33)34-15-17(3)4/h7-13,16-17H,5-6,14-15H2,1-4H3,(H,28,32)(H,30,33)(H,26,27,29). The summed E-state index contributed by atoms with van der Waals surface area (Å²) in [7, 11) is 0. The highest BCUT2D eigenvalue weighted by molar-refractivity contribution is 5.96. The summed E-state index contributed by atoms with van der Waals surface area (Å²) in [4.78, 5) is 35.0. The van der Waals surface area contributed by atoms with Gasteiger partial charge in [0.15, 0.2) is 0 Å². The zero-order valence-corrected chi connectivity index (χ0v) is 20.1. The predicted molar refractivity (Wildman–Crippen MR) is 135 cm³/mol. The Labute approximate surface area is 199 Å². The molecule has 2 aromatic carbocycles. The van der Waals surface area contributed by atoms with Crippen molar-refractivity contribution in [3.05, 3.63) is 48.8 Å². The van der Waals surface area contributed by atoms with Gasteiger partial charge in [-0.3, -0.25) is 15.0 Å². The van der Waals surface area contributed by atoms with Gasteiger partial charge in [0.2, 0.25) is 5.91 Å². The first-order valence-corrected chi connectivity index (χ1v) is 11.5. The summed E-state index contributed by atoms with van der Waals surface area (Å²) >= 11 is 0. The van der Waals surface area contributed by atoms with Crippen molar-refractivity contribution in [3.8, 4) is 0 Å². The molecule has 0 radical (unpaired) electrons. The number of carbonyl (C=O) groups is 2. The molecule has 2 amide bonds. The van der Waals surface area contributed by atoms with Gasteiger partial charge in [0.1, 0.15) is 12.1 Å². The maximum Gasteiger partial charge on any atom is 0.411 e. The number of nitrogens with zero attached hydrogens (tertiary/aromatic N) is 3. The van der Waals surface area contributed by atoms with Crippen LogP contribution in [0.3, 0.4) is 0 Å². The second-order valence-electron chi connectivity index (χ2n) is 8.28. The Morgan fingerprint density at radius 2 is 1.62 bits per heavy atom. The third-order valence-corrected chi connectivity index (χ3v) is 5.12. The van der Waals surface area contributed by atoms with Crippen molar-refractivity contribution in [2.75, 3.05) is 42.2 Å². The van der Waals surface area contributed by atoms with E-state index in [1.54, 1.807) is 12.1 Å². The normalized spacial score (nSPS) is 11.0. The van der Waals surface area contributed by atoms with E-state index in [0.717, 1.165) is 35.4 Å². The van der Waals surface area contributed by atoms with Gasteiger partial charge in [0.05, 0.1) is 18.7 Å². The van der Waals surface area contributed by atoms with Crippen LogP contribution in [-0.4, -0.2) is 53.1 Å². The molecule has 0 spiro atoms. The Balaban J connectivity index is 1.69. The van der Waals surface area contributed by atoms with Gasteiger partial charge in [-0.25, -0.2) is 14.8 Å². The van der Waals surface area contributed by atoms with E-state index in [4.69, 9.17) is 4.74 Å². The van der Waals surface area contributed by atoms with E-state index in [2.05, 4.69) is 30.8 Å². The van der Waals surface area contributed by atoms with E-state index in [1.807, 2.05) is 58.0 Å². The second-order valence-corrected chi connectivity index (χ2v) is 8.28. The molecule has 0 atom stereocenters. The zero-order valence-electron chi connectivity index (χ0n) is 20.1. The molecule has 0 saturated carbocycles. The molecule has 0 fully saturated rings. The third kappa shape index (κ3) is 7.14. The molecule has 9 heteroatoms. The van der Waals surface area contributed by atoms with Gasteiger partial charge >= 0.3 is 6.09 Å². The fraction of sp³-hybridized carbons (Fsp3) is 0.360. The van der Waals surface area contributed by atoms with Crippen LogP contribution in [0.2, 0.25) is 0 Å². The highest BCUT2D eigenvalue weighted by Crippen LogP contribution is 2.26. The number of nitrogens with one attached hydrogen (secondary N) is 3. The van der Waals surface area contributed by atoms with Crippen LogP contribution in [0.25, 0.3) is 10.9 Å². The first-order valence-electron chi connectivity index (χ1n) is 11.5. The zero-order chi connectivity index (χ0) is 24.5. The summed E-state index contributed by atoms with van der Waals surface area (Å²) in [6, 6.07) is 12.8. The topological polar surface area (TPSA) is 108 Å². The minimum atomic E-state index is -0.502. The van der Waals surface area contributed by atoms with E-state index >= 15 is 0 Å². The largest absolute Gasteiger partial charge is 0.449 e. The van der Waals surface area contributed by atoms with Gasteiger partial charge in [-0.2, -0.15) is 0 Å². The number of hydrogen-bond donors (Lipinski definition) is 3. The van der Waals surface area contributed by atoms with Crippen LogP contribution in [-0.2, 0) is 9.53 Å². The Bertz CT molecular complexity index is 1110. The molecule has 0 aliphatic heterocycles. The van der Waals surface area contributed by atoms with Crippen LogP contribution in [0.4, 0.5) is 27.7 Å². The average Bonchev–Trinajstić information content (AvgIpc) is 2.83. The first-order chi connectivity index (χ1) is 16.4. The first kappa shape index (κ1) is 24.9. The molecule has 9 nitrogen and oxygen atoms in total. The van der Waals surface area contributed by atoms with Crippen LogP contribution < -0.4 is 16.0 Å². The number of benzene rings is 2. The fourth-order valence-corrected chi connectivity index (χ4v) is 3.25. The Morgan fingerprint density at radius 3 is 2.29 bits per heavy atom. The molecule has 3 aromatic rings. The van der Waals surface area contributed by atoms with Gasteiger partial charge in [0.25, 0.3) is 0 Å². The molecule has 0 bridgehead atoms. The van der Waals surface area contributed by atoms with Crippen LogP contribution in [0.1, 0.15) is 27.7 Å². The molecule has 3 N–H and O–H groups in total. The van der Waals surface area contributed by atoms with Gasteiger partial charge in [-0.05, 0) is 61.5 Å². The number of hydrogen-bond acceptors (Lipinski definition) is 7. The van der Waals surface area contributed by atoms with Crippen molar-refractivity contribution >= 4 is 45.8 Å². The molecule has 0 unspecified atom stereocenters. The van der Waals surface area contributed by atoms with Crippen LogP contribution in [0.15, 0.2) is 48.8 Å². The molecule has 0 aliphatic carbocycles. The summed E-state index contributed by atoms with van der Waals surface area (Å²) in [5.74, 6) is 0.814. The number of anilines is 4. The van der Waals surface area contributed by atoms with E-state index in [9.17, 15) is 9.59 Å². The summed E-state index contributed by atoms with van der Waals surface area (Å²) in [6.45, 7) is 10.4. The van der Waals surface area contributed by atoms with Crippen molar-refractivity contribution in [1.29, 1.82) is 0 Å². The van der Waals surface area contributed by atoms with E-state index in [-0.39, 0.29) is 11.8 Å². The van der Waals surface area contributed by atoms with Crippen molar-refractivity contribution < 1.29 is 14.3 Å². The van der Waals surface area contributed by atoms with Gasteiger partial charge < -0.3 is 15.4 Å². The minimum absolute atomic E-state index is 0.0434. The molecule has 0 aliphatic rings. The van der Waals surface area contributed by atoms with E-state index < -0.39 is 6.09 Å². The van der Waals surface area contributed by atoms with Gasteiger partial charge in [-0.1, -0.05) is 27.7 Å². The number of aromatic nitrogens is 2. The lowest BCUT2D eigenvalue weighted by Crippen LogP contribution is -2.32. The van der Waals surface area contributed by atoms with Crippen LogP contribution in [0.5, 0.6) is 0 Å². The molecule has 180 valence electrons. The highest BCUT2D eigenvalue weighted by atomic mass is 16.5. The third-order valence-electron chi connectivity index (χ3n) is 5.12. The smallest absolute Gasteiger partial charge is 0.411 e. The number of ether oxygens (including phenoxy) is 1. The van der Waals surface area contributed by atoms with E-state index in [0.29, 0.717) is 24.7 Å². The predicted octanol–water partition coefficient (Wildman–Crippen LogP) is 4.86. The number of amides is 2. The Morgan fingerprint density at radius 1 is 0.941 bits per heavy atom. The van der Waals surface area contributed by atoms with E-state index in [1.165, 1.54) is 6.33 Å². The second kappa shape index (κ2) is 11.9.